The highest BCUT2D eigenvalue weighted by atomic mass is 19.4. The van der Waals surface area contributed by atoms with Gasteiger partial charge in [-0.2, -0.15) is 57.1 Å². The quantitative estimate of drug-likeness (QED) is 0.303. The summed E-state index contributed by atoms with van der Waals surface area (Å²) >= 11 is 0. The van der Waals surface area contributed by atoms with Crippen molar-refractivity contribution < 1.29 is 61.5 Å². The molecule has 2 aromatic rings. The van der Waals surface area contributed by atoms with Gasteiger partial charge in [0.15, 0.2) is 0 Å². The molecular formula is C21H14F13NO2. The molecule has 2 aliphatic rings. The number of hydrogen-bond acceptors (Lipinski definition) is 3. The van der Waals surface area contributed by atoms with Gasteiger partial charge >= 0.3 is 41.4 Å². The average molecular weight is 559 g/mol. The molecule has 2 aliphatic heterocycles. The standard InChI is InChI=1S/C21H14F13NO2/c22-16(23,17(24,25)18(26,27)19(28,29)20(30,31)21(32,33)34)12-8-13(36)37-15-10-4-2-6-35-5-1-3-9(14(10)35)7-11(12)15/h7-8H,1-6H2. The Bertz CT molecular complexity index is 1290. The van der Waals surface area contributed by atoms with Gasteiger partial charge in [0, 0.05) is 41.4 Å². The van der Waals surface area contributed by atoms with Gasteiger partial charge in [-0.15, -0.1) is 0 Å². The van der Waals surface area contributed by atoms with Gasteiger partial charge in [-0.05, 0) is 37.3 Å². The Labute approximate surface area is 197 Å². The molecule has 206 valence electrons. The molecule has 0 saturated carbocycles. The lowest BCUT2D eigenvalue weighted by Crippen LogP contribution is -2.69. The van der Waals surface area contributed by atoms with Crippen molar-refractivity contribution in [2.45, 2.75) is 61.5 Å². The predicted molar refractivity (Wildman–Crippen MR) is 101 cm³/mol. The highest BCUT2D eigenvalue weighted by molar-refractivity contribution is 5.91. The van der Waals surface area contributed by atoms with Crippen LogP contribution in [0.5, 0.6) is 0 Å². The summed E-state index contributed by atoms with van der Waals surface area (Å²) < 4.78 is 183. The Balaban J connectivity index is 1.96. The molecule has 0 fully saturated rings. The van der Waals surface area contributed by atoms with Crippen molar-refractivity contribution in [1.29, 1.82) is 0 Å². The Morgan fingerprint density at radius 2 is 1.24 bits per heavy atom. The molecule has 37 heavy (non-hydrogen) atoms. The van der Waals surface area contributed by atoms with Crippen LogP contribution in [-0.2, 0) is 18.8 Å². The fraction of sp³-hybridized carbons (Fsp3) is 0.571. The molecule has 0 unspecified atom stereocenters. The Hall–Kier alpha value is -2.68. The number of benzene rings is 1. The first-order chi connectivity index (χ1) is 16.7. The Kier molecular flexibility index (Phi) is 5.85. The summed E-state index contributed by atoms with van der Waals surface area (Å²) in [7, 11) is 0. The second-order valence-electron chi connectivity index (χ2n) is 8.78. The molecule has 0 atom stereocenters. The summed E-state index contributed by atoms with van der Waals surface area (Å²) in [6.07, 6.45) is -6.42. The zero-order valence-corrected chi connectivity index (χ0v) is 18.1. The van der Waals surface area contributed by atoms with Crippen LogP contribution >= 0.6 is 0 Å². The number of fused-ring (bicyclic) bond motifs is 2. The van der Waals surface area contributed by atoms with Crippen molar-refractivity contribution in [1.82, 2.24) is 0 Å². The molecular weight excluding hydrogens is 545 g/mol. The second-order valence-corrected chi connectivity index (χ2v) is 8.78. The fourth-order valence-electron chi connectivity index (χ4n) is 4.67. The maximum Gasteiger partial charge on any atom is 0.460 e. The first-order valence-corrected chi connectivity index (χ1v) is 10.5. The summed E-state index contributed by atoms with van der Waals surface area (Å²) in [4.78, 5) is 13.8. The number of hydrogen-bond donors (Lipinski definition) is 0. The third kappa shape index (κ3) is 3.52. The number of alkyl halides is 13. The van der Waals surface area contributed by atoms with Crippen molar-refractivity contribution in [2.24, 2.45) is 0 Å². The van der Waals surface area contributed by atoms with Gasteiger partial charge < -0.3 is 9.32 Å². The van der Waals surface area contributed by atoms with E-state index >= 15 is 8.78 Å². The highest BCUT2D eigenvalue weighted by Gasteiger charge is 2.91. The number of halogens is 13. The third-order valence-electron chi connectivity index (χ3n) is 6.50. The maximum atomic E-state index is 15.0. The zero-order valence-electron chi connectivity index (χ0n) is 18.1. The SMILES string of the molecule is O=c1cc(C(F)(F)C(F)(F)C(F)(F)C(F)(F)C(F)(F)C(F)(F)F)c2cc3c4c(c2o1)CCCN4CCC3. The van der Waals surface area contributed by atoms with E-state index in [0.29, 0.717) is 31.6 Å². The predicted octanol–water partition coefficient (Wildman–Crippen LogP) is 6.69. The van der Waals surface area contributed by atoms with E-state index in [0.717, 1.165) is 6.07 Å². The van der Waals surface area contributed by atoms with Crippen molar-refractivity contribution in [3.63, 3.8) is 0 Å². The van der Waals surface area contributed by atoms with E-state index in [1.165, 1.54) is 0 Å². The average Bonchev–Trinajstić information content (AvgIpc) is 2.78. The number of aryl methyl sites for hydroxylation is 2. The molecule has 3 nitrogen and oxygen atoms in total. The minimum atomic E-state index is -8.02. The molecule has 16 heteroatoms. The Morgan fingerprint density at radius 1 is 0.703 bits per heavy atom. The van der Waals surface area contributed by atoms with Gasteiger partial charge in [0.25, 0.3) is 0 Å². The zero-order chi connectivity index (χ0) is 28.0. The summed E-state index contributed by atoms with van der Waals surface area (Å²) in [5.74, 6) is -37.9. The third-order valence-corrected chi connectivity index (χ3v) is 6.50. The molecule has 0 amide bonds. The van der Waals surface area contributed by atoms with Gasteiger partial charge in [-0.3, -0.25) is 0 Å². The number of nitrogens with zero attached hydrogens (tertiary/aromatic N) is 1. The molecule has 0 saturated heterocycles. The van der Waals surface area contributed by atoms with E-state index in [9.17, 15) is 53.1 Å². The van der Waals surface area contributed by atoms with E-state index in [1.54, 1.807) is 4.90 Å². The summed E-state index contributed by atoms with van der Waals surface area (Å²) in [6.45, 7) is 0.997. The smallest absolute Gasteiger partial charge is 0.422 e. The molecule has 4 rings (SSSR count). The monoisotopic (exact) mass is 559 g/mol. The van der Waals surface area contributed by atoms with E-state index in [-0.39, 0.29) is 24.0 Å². The van der Waals surface area contributed by atoms with Crippen LogP contribution in [0, 0.1) is 0 Å². The van der Waals surface area contributed by atoms with Gasteiger partial charge in [0.1, 0.15) is 5.58 Å². The van der Waals surface area contributed by atoms with Crippen molar-refractivity contribution >= 4 is 16.7 Å². The fourth-order valence-corrected chi connectivity index (χ4v) is 4.67. The first kappa shape index (κ1) is 27.4. The summed E-state index contributed by atoms with van der Waals surface area (Å²) in [5.41, 5.74) is -4.05. The highest BCUT2D eigenvalue weighted by Crippen LogP contribution is 2.62. The summed E-state index contributed by atoms with van der Waals surface area (Å²) in [5, 5.41) is -1.07. The van der Waals surface area contributed by atoms with Crippen LogP contribution in [0.2, 0.25) is 0 Å². The van der Waals surface area contributed by atoms with Crippen LogP contribution in [0.4, 0.5) is 62.8 Å². The summed E-state index contributed by atoms with van der Waals surface area (Å²) in [6, 6.07) is 0.392. The lowest BCUT2D eigenvalue weighted by atomic mass is 9.86. The second kappa shape index (κ2) is 7.91. The maximum absolute atomic E-state index is 15.0. The van der Waals surface area contributed by atoms with Gasteiger partial charge in [-0.25, -0.2) is 4.79 Å². The van der Waals surface area contributed by atoms with Crippen LogP contribution in [0.15, 0.2) is 21.3 Å². The van der Waals surface area contributed by atoms with E-state index in [2.05, 4.69) is 0 Å². The van der Waals surface area contributed by atoms with E-state index in [1.807, 2.05) is 0 Å². The van der Waals surface area contributed by atoms with Crippen molar-refractivity contribution in [2.75, 3.05) is 18.0 Å². The number of anilines is 1. The first-order valence-electron chi connectivity index (χ1n) is 10.5. The lowest BCUT2D eigenvalue weighted by molar-refractivity contribution is -0.441. The molecule has 0 N–H and O–H groups in total. The molecule has 0 spiro atoms. The Morgan fingerprint density at radius 3 is 1.81 bits per heavy atom. The van der Waals surface area contributed by atoms with Crippen LogP contribution < -0.4 is 10.5 Å². The van der Waals surface area contributed by atoms with E-state index < -0.39 is 64.0 Å². The normalized spacial score (nSPS) is 17.8. The van der Waals surface area contributed by atoms with Gasteiger partial charge in [-0.1, -0.05) is 0 Å². The van der Waals surface area contributed by atoms with Gasteiger partial charge in [0.05, 0.1) is 0 Å². The minimum Gasteiger partial charge on any atom is -0.422 e. The van der Waals surface area contributed by atoms with Crippen LogP contribution in [0.1, 0.15) is 29.5 Å². The molecule has 3 heterocycles. The molecule has 0 aliphatic carbocycles. The van der Waals surface area contributed by atoms with Crippen LogP contribution in [0.3, 0.4) is 0 Å². The molecule has 1 aromatic heterocycles. The van der Waals surface area contributed by atoms with Gasteiger partial charge in [0.2, 0.25) is 0 Å². The minimum absolute atomic E-state index is 0.0660. The topological polar surface area (TPSA) is 33.5 Å². The van der Waals surface area contributed by atoms with E-state index in [4.69, 9.17) is 4.42 Å². The molecule has 1 aromatic carbocycles. The van der Waals surface area contributed by atoms with Crippen molar-refractivity contribution in [3.05, 3.63) is 39.2 Å². The van der Waals surface area contributed by atoms with Crippen LogP contribution in [-0.4, -0.2) is 43.0 Å². The largest absolute Gasteiger partial charge is 0.460 e. The lowest BCUT2D eigenvalue weighted by Gasteiger charge is -2.40. The molecule has 0 radical (unpaired) electrons. The molecule has 0 bridgehead atoms. The van der Waals surface area contributed by atoms with Crippen molar-refractivity contribution in [3.8, 4) is 0 Å². The van der Waals surface area contributed by atoms with Crippen LogP contribution in [0.25, 0.3) is 11.0 Å². The number of rotatable bonds is 5.